The number of nitrogens with one attached hydrogen (secondary N) is 1. The molecule has 1 heterocycles. The van der Waals surface area contributed by atoms with E-state index in [-0.39, 0.29) is 0 Å². The normalized spacial score (nSPS) is 27.6. The van der Waals surface area contributed by atoms with Gasteiger partial charge in [-0.25, -0.2) is 4.68 Å². The third kappa shape index (κ3) is 3.34. The van der Waals surface area contributed by atoms with Gasteiger partial charge in [-0.2, -0.15) is 0 Å². The van der Waals surface area contributed by atoms with Gasteiger partial charge in [0, 0.05) is 12.6 Å². The van der Waals surface area contributed by atoms with Gasteiger partial charge in [-0.3, -0.25) is 0 Å². The number of hydrogen-bond acceptors (Lipinski definition) is 4. The Morgan fingerprint density at radius 2 is 2.11 bits per heavy atom. The number of aromatic nitrogens is 3. The van der Waals surface area contributed by atoms with Gasteiger partial charge in [0.05, 0.1) is 11.9 Å². The van der Waals surface area contributed by atoms with Crippen molar-refractivity contribution in [3.63, 3.8) is 0 Å². The van der Waals surface area contributed by atoms with Gasteiger partial charge in [-0.05, 0) is 45.1 Å². The maximum absolute atomic E-state index is 10.9. The molecule has 0 radical (unpaired) electrons. The fourth-order valence-corrected chi connectivity index (χ4v) is 2.90. The molecule has 0 bridgehead atoms. The van der Waals surface area contributed by atoms with Crippen molar-refractivity contribution in [3.05, 3.63) is 11.9 Å². The lowest BCUT2D eigenvalue weighted by molar-refractivity contribution is -0.0161. The molecular formula is C14H26N4O. The first kappa shape index (κ1) is 14.5. The first-order chi connectivity index (χ1) is 9.19. The Morgan fingerprint density at radius 3 is 2.74 bits per heavy atom. The van der Waals surface area contributed by atoms with Gasteiger partial charge in [0.15, 0.2) is 0 Å². The monoisotopic (exact) mass is 266 g/mol. The lowest BCUT2D eigenvalue weighted by Gasteiger charge is -2.36. The van der Waals surface area contributed by atoms with Gasteiger partial charge in [-0.1, -0.05) is 19.1 Å². The average Bonchev–Trinajstić information content (AvgIpc) is 2.88. The van der Waals surface area contributed by atoms with Crippen LogP contribution in [0.5, 0.6) is 0 Å². The zero-order valence-corrected chi connectivity index (χ0v) is 12.1. The highest BCUT2D eigenvalue weighted by Crippen LogP contribution is 2.36. The second kappa shape index (κ2) is 6.48. The summed E-state index contributed by atoms with van der Waals surface area (Å²) in [7, 11) is 0. The van der Waals surface area contributed by atoms with Crippen molar-refractivity contribution in [1.29, 1.82) is 0 Å². The van der Waals surface area contributed by atoms with Gasteiger partial charge < -0.3 is 10.4 Å². The molecule has 1 fully saturated rings. The fourth-order valence-electron chi connectivity index (χ4n) is 2.90. The Labute approximate surface area is 115 Å². The molecule has 0 amide bonds. The van der Waals surface area contributed by atoms with Gasteiger partial charge >= 0.3 is 0 Å². The van der Waals surface area contributed by atoms with Gasteiger partial charge in [-0.15, -0.1) is 5.10 Å². The van der Waals surface area contributed by atoms with Crippen molar-refractivity contribution in [2.24, 2.45) is 0 Å². The van der Waals surface area contributed by atoms with Crippen LogP contribution in [-0.2, 0) is 12.1 Å². The van der Waals surface area contributed by atoms with Gasteiger partial charge in [0.25, 0.3) is 0 Å². The highest BCUT2D eigenvalue weighted by atomic mass is 16.3. The average molecular weight is 266 g/mol. The minimum absolute atomic E-state index is 0.552. The highest BCUT2D eigenvalue weighted by molar-refractivity contribution is 5.10. The molecule has 5 heteroatoms. The van der Waals surface area contributed by atoms with E-state index in [1.54, 1.807) is 6.20 Å². The summed E-state index contributed by atoms with van der Waals surface area (Å²) in [5.41, 5.74) is 0.159. The number of aliphatic hydroxyl groups is 1. The van der Waals surface area contributed by atoms with Gasteiger partial charge in [0.1, 0.15) is 5.60 Å². The summed E-state index contributed by atoms with van der Waals surface area (Å²) >= 11 is 0. The van der Waals surface area contributed by atoms with E-state index in [1.807, 2.05) is 4.68 Å². The number of aryl methyl sites for hydroxylation is 1. The van der Waals surface area contributed by atoms with E-state index >= 15 is 0 Å². The summed E-state index contributed by atoms with van der Waals surface area (Å²) in [6.07, 6.45) is 7.54. The zero-order chi connectivity index (χ0) is 13.7. The fraction of sp³-hybridized carbons (Fsp3) is 0.857. The maximum atomic E-state index is 10.9. The van der Waals surface area contributed by atoms with E-state index in [0.717, 1.165) is 57.3 Å². The van der Waals surface area contributed by atoms with E-state index in [9.17, 15) is 5.11 Å². The molecular weight excluding hydrogens is 240 g/mol. The van der Waals surface area contributed by atoms with Crippen LogP contribution in [0.15, 0.2) is 6.20 Å². The summed E-state index contributed by atoms with van der Waals surface area (Å²) in [6.45, 7) is 6.19. The highest BCUT2D eigenvalue weighted by Gasteiger charge is 2.37. The van der Waals surface area contributed by atoms with Crippen LogP contribution in [0.3, 0.4) is 0 Å². The summed E-state index contributed by atoms with van der Waals surface area (Å²) in [5, 5.41) is 22.5. The molecule has 0 atom stereocenters. The van der Waals surface area contributed by atoms with Crippen LogP contribution in [0.2, 0.25) is 0 Å². The molecule has 0 unspecified atom stereocenters. The van der Waals surface area contributed by atoms with E-state index in [4.69, 9.17) is 0 Å². The molecule has 2 rings (SSSR count). The Balaban J connectivity index is 1.98. The first-order valence-corrected chi connectivity index (χ1v) is 7.54. The SMILES string of the molecule is CCCNC1CCC(O)(c2cnnn2CCC)CC1. The molecule has 0 aromatic carbocycles. The van der Waals surface area contributed by atoms with E-state index < -0.39 is 5.60 Å². The number of nitrogens with zero attached hydrogens (tertiary/aromatic N) is 3. The van der Waals surface area contributed by atoms with Crippen LogP contribution >= 0.6 is 0 Å². The van der Waals surface area contributed by atoms with Crippen molar-refractivity contribution in [3.8, 4) is 0 Å². The summed E-state index contributed by atoms with van der Waals surface area (Å²) in [6, 6.07) is 0.552. The topological polar surface area (TPSA) is 63.0 Å². The molecule has 0 saturated heterocycles. The third-order valence-corrected chi connectivity index (χ3v) is 4.03. The minimum Gasteiger partial charge on any atom is -0.384 e. The second-order valence-corrected chi connectivity index (χ2v) is 5.60. The molecule has 2 N–H and O–H groups in total. The first-order valence-electron chi connectivity index (χ1n) is 7.54. The van der Waals surface area contributed by atoms with Crippen LogP contribution in [0.1, 0.15) is 58.1 Å². The lowest BCUT2D eigenvalue weighted by Crippen LogP contribution is -2.41. The smallest absolute Gasteiger partial charge is 0.108 e. The van der Waals surface area contributed by atoms with Crippen molar-refractivity contribution < 1.29 is 5.11 Å². The zero-order valence-electron chi connectivity index (χ0n) is 12.1. The quantitative estimate of drug-likeness (QED) is 0.824. The molecule has 0 spiro atoms. The Kier molecular flexibility index (Phi) is 4.93. The number of hydrogen-bond donors (Lipinski definition) is 2. The molecule has 1 aromatic heterocycles. The van der Waals surface area contributed by atoms with Crippen LogP contribution in [0, 0.1) is 0 Å². The van der Waals surface area contributed by atoms with E-state index in [1.165, 1.54) is 0 Å². The Hall–Kier alpha value is -0.940. The molecule has 0 aliphatic heterocycles. The van der Waals surface area contributed by atoms with Crippen molar-refractivity contribution in [2.75, 3.05) is 6.54 Å². The van der Waals surface area contributed by atoms with Gasteiger partial charge in [0.2, 0.25) is 0 Å². The van der Waals surface area contributed by atoms with Crippen LogP contribution in [0.4, 0.5) is 0 Å². The van der Waals surface area contributed by atoms with Crippen LogP contribution in [-0.4, -0.2) is 32.7 Å². The van der Waals surface area contributed by atoms with Crippen molar-refractivity contribution in [2.45, 2.75) is 70.6 Å². The molecule has 108 valence electrons. The maximum Gasteiger partial charge on any atom is 0.108 e. The lowest BCUT2D eigenvalue weighted by atomic mass is 9.80. The predicted molar refractivity (Wildman–Crippen MR) is 74.8 cm³/mol. The molecule has 1 aromatic rings. The van der Waals surface area contributed by atoms with E-state index in [0.29, 0.717) is 6.04 Å². The van der Waals surface area contributed by atoms with Crippen LogP contribution < -0.4 is 5.32 Å². The molecule has 1 aliphatic rings. The van der Waals surface area contributed by atoms with Crippen molar-refractivity contribution in [1.82, 2.24) is 20.3 Å². The summed E-state index contributed by atoms with van der Waals surface area (Å²) < 4.78 is 1.86. The summed E-state index contributed by atoms with van der Waals surface area (Å²) in [4.78, 5) is 0. The molecule has 5 nitrogen and oxygen atoms in total. The molecule has 1 aliphatic carbocycles. The number of rotatable bonds is 6. The minimum atomic E-state index is -0.733. The van der Waals surface area contributed by atoms with E-state index in [2.05, 4.69) is 29.5 Å². The second-order valence-electron chi connectivity index (χ2n) is 5.60. The van der Waals surface area contributed by atoms with Crippen LogP contribution in [0.25, 0.3) is 0 Å². The standard InChI is InChI=1S/C14H26N4O/c1-3-9-15-12-5-7-14(19,8-6-12)13-11-16-17-18(13)10-4-2/h11-12,15,19H,3-10H2,1-2H3. The Morgan fingerprint density at radius 1 is 1.37 bits per heavy atom. The molecule has 19 heavy (non-hydrogen) atoms. The third-order valence-electron chi connectivity index (χ3n) is 4.03. The van der Waals surface area contributed by atoms with Crippen molar-refractivity contribution >= 4 is 0 Å². The Bertz CT molecular complexity index is 383. The molecule has 1 saturated carbocycles. The summed E-state index contributed by atoms with van der Waals surface area (Å²) in [5.74, 6) is 0. The predicted octanol–water partition coefficient (Wildman–Crippen LogP) is 1.82. The largest absolute Gasteiger partial charge is 0.384 e.